The Morgan fingerprint density at radius 3 is 2.44 bits per heavy atom. The lowest BCUT2D eigenvalue weighted by atomic mass is 9.88. The molecule has 0 radical (unpaired) electrons. The first-order valence-electron chi connectivity index (χ1n) is 12.1. The molecule has 176 valence electrons. The molecule has 3 aromatic heterocycles. The van der Waals surface area contributed by atoms with Crippen LogP contribution in [0.2, 0.25) is 0 Å². The number of aromatic nitrogens is 3. The van der Waals surface area contributed by atoms with Crippen LogP contribution in [0.4, 0.5) is 0 Å². The van der Waals surface area contributed by atoms with E-state index in [1.54, 1.807) is 0 Å². The van der Waals surface area contributed by atoms with Crippen LogP contribution in [-0.2, 0) is 5.41 Å². The molecule has 36 heavy (non-hydrogen) atoms. The van der Waals surface area contributed by atoms with E-state index in [0.717, 1.165) is 34.0 Å². The van der Waals surface area contributed by atoms with Gasteiger partial charge < -0.3 is 4.74 Å². The Balaban J connectivity index is 1.47. The summed E-state index contributed by atoms with van der Waals surface area (Å²) in [5, 5.41) is 2.36. The number of hydrogen-bond donors (Lipinski definition) is 0. The molecule has 0 spiro atoms. The average Bonchev–Trinajstić information content (AvgIpc) is 3.22. The van der Waals surface area contributed by atoms with Gasteiger partial charge in [0.2, 0.25) is 0 Å². The van der Waals surface area contributed by atoms with Crippen molar-refractivity contribution in [1.82, 2.24) is 9.55 Å². The van der Waals surface area contributed by atoms with E-state index in [4.69, 9.17) is 9.72 Å². The number of ether oxygens (including phenoxy) is 1. The Labute approximate surface area is 211 Å². The van der Waals surface area contributed by atoms with Crippen LogP contribution in [-0.4, -0.2) is 9.55 Å². The number of hydrogen-bond acceptors (Lipinski definition) is 2. The highest BCUT2D eigenvalue weighted by molar-refractivity contribution is 6.09. The zero-order valence-corrected chi connectivity index (χ0v) is 20.6. The third-order valence-electron chi connectivity index (χ3n) is 6.47. The number of fused-ring (bicyclic) bond motifs is 3. The molecule has 0 fully saturated rings. The predicted molar refractivity (Wildman–Crippen MR) is 144 cm³/mol. The first-order chi connectivity index (χ1) is 17.5. The molecule has 4 nitrogen and oxygen atoms in total. The summed E-state index contributed by atoms with van der Waals surface area (Å²) in [6.07, 6.45) is 7.08. The van der Waals surface area contributed by atoms with Crippen molar-refractivity contribution < 1.29 is 9.30 Å². The lowest BCUT2D eigenvalue weighted by molar-refractivity contribution is -0.600. The highest BCUT2D eigenvalue weighted by Crippen LogP contribution is 2.35. The van der Waals surface area contributed by atoms with Gasteiger partial charge in [0.05, 0.1) is 17.2 Å². The summed E-state index contributed by atoms with van der Waals surface area (Å²) in [6, 6.07) is 32.9. The Hall–Kier alpha value is -4.44. The second kappa shape index (κ2) is 8.65. The van der Waals surface area contributed by atoms with Gasteiger partial charge in [0.15, 0.2) is 6.20 Å². The van der Waals surface area contributed by atoms with Crippen LogP contribution >= 0.6 is 0 Å². The van der Waals surface area contributed by atoms with E-state index in [-0.39, 0.29) is 5.41 Å². The summed E-state index contributed by atoms with van der Waals surface area (Å²) in [5.41, 5.74) is 4.46. The van der Waals surface area contributed by atoms with Crippen molar-refractivity contribution in [3.8, 4) is 23.0 Å². The van der Waals surface area contributed by atoms with Gasteiger partial charge in [-0.05, 0) is 53.4 Å². The zero-order valence-electron chi connectivity index (χ0n) is 20.6. The minimum absolute atomic E-state index is 0.0317. The van der Waals surface area contributed by atoms with E-state index in [9.17, 15) is 0 Å². The van der Waals surface area contributed by atoms with E-state index in [2.05, 4.69) is 80.1 Å². The fourth-order valence-corrected chi connectivity index (χ4v) is 4.62. The first-order valence-corrected chi connectivity index (χ1v) is 12.1. The van der Waals surface area contributed by atoms with Gasteiger partial charge in [-0.15, -0.1) is 6.07 Å². The van der Waals surface area contributed by atoms with E-state index in [1.807, 2.05) is 65.5 Å². The van der Waals surface area contributed by atoms with Crippen molar-refractivity contribution in [3.05, 3.63) is 121 Å². The Morgan fingerprint density at radius 1 is 0.778 bits per heavy atom. The molecule has 0 unspecified atom stereocenters. The summed E-state index contributed by atoms with van der Waals surface area (Å²) < 4.78 is 10.5. The summed E-state index contributed by atoms with van der Waals surface area (Å²) in [6.45, 7) is 6.68. The molecular weight excluding hydrogens is 442 g/mol. The van der Waals surface area contributed by atoms with Crippen molar-refractivity contribution in [3.63, 3.8) is 0 Å². The number of nitrogens with zero attached hydrogens (tertiary/aromatic N) is 3. The summed E-state index contributed by atoms with van der Waals surface area (Å²) >= 11 is 0. The van der Waals surface area contributed by atoms with Gasteiger partial charge in [-0.2, -0.15) is 0 Å². The standard InChI is InChI=1S/C32H27N3O/c1-32(2,3)23-16-17-33-31(20-23)35-29-13-6-5-12-27(29)28-15-14-26(22-30(28)35)36-25-11-9-10-24(21-25)34-18-7-4-8-19-34/h4-18,20-22H,1-3H3. The smallest absolute Gasteiger partial charge is 0.152 e. The van der Waals surface area contributed by atoms with E-state index in [1.165, 1.54) is 16.3 Å². The summed E-state index contributed by atoms with van der Waals surface area (Å²) in [7, 11) is 0. The second-order valence-corrected chi connectivity index (χ2v) is 9.98. The third-order valence-corrected chi connectivity index (χ3v) is 6.47. The fraction of sp³-hybridized carbons (Fsp3) is 0.125. The van der Waals surface area contributed by atoms with Crippen LogP contribution in [0, 0.1) is 6.20 Å². The molecule has 0 aliphatic rings. The number of pyridine rings is 2. The van der Waals surface area contributed by atoms with Crippen LogP contribution in [0.15, 0.2) is 109 Å². The van der Waals surface area contributed by atoms with Gasteiger partial charge in [0.1, 0.15) is 23.0 Å². The van der Waals surface area contributed by atoms with E-state index in [0.29, 0.717) is 0 Å². The molecule has 6 rings (SSSR count). The van der Waals surface area contributed by atoms with Crippen molar-refractivity contribution in [1.29, 1.82) is 0 Å². The summed E-state index contributed by atoms with van der Waals surface area (Å²) in [5.74, 6) is 2.45. The second-order valence-electron chi connectivity index (χ2n) is 9.98. The highest BCUT2D eigenvalue weighted by Gasteiger charge is 2.18. The van der Waals surface area contributed by atoms with Gasteiger partial charge in [-0.1, -0.05) is 57.2 Å². The largest absolute Gasteiger partial charge is 0.458 e. The minimum atomic E-state index is 0.0317. The number of benzene rings is 3. The molecule has 0 atom stereocenters. The van der Waals surface area contributed by atoms with Crippen molar-refractivity contribution in [2.75, 3.05) is 0 Å². The monoisotopic (exact) mass is 469 g/mol. The quantitative estimate of drug-likeness (QED) is 0.200. The lowest BCUT2D eigenvalue weighted by Crippen LogP contribution is -2.29. The van der Waals surface area contributed by atoms with Crippen molar-refractivity contribution in [2.24, 2.45) is 0 Å². The van der Waals surface area contributed by atoms with E-state index >= 15 is 0 Å². The normalized spacial score (nSPS) is 11.8. The van der Waals surface area contributed by atoms with Crippen LogP contribution in [0.1, 0.15) is 26.3 Å². The number of para-hydroxylation sites is 1. The average molecular weight is 470 g/mol. The van der Waals surface area contributed by atoms with E-state index < -0.39 is 0 Å². The van der Waals surface area contributed by atoms with Gasteiger partial charge in [-0.3, -0.25) is 9.13 Å². The lowest BCUT2D eigenvalue weighted by Gasteiger charge is -2.20. The minimum Gasteiger partial charge on any atom is -0.458 e. The van der Waals surface area contributed by atoms with Crippen molar-refractivity contribution in [2.45, 2.75) is 26.2 Å². The SMILES string of the molecule is CC(C)(C)c1ccnc(-n2c3ccccc3c3ccc(Oc4cccc(-[n+]5[c-]cccc5)c4)cc32)c1. The molecule has 3 aromatic carbocycles. The summed E-state index contributed by atoms with van der Waals surface area (Å²) in [4.78, 5) is 4.77. The van der Waals surface area contributed by atoms with Gasteiger partial charge in [-0.25, -0.2) is 4.98 Å². The molecule has 0 N–H and O–H groups in total. The molecule has 0 saturated heterocycles. The predicted octanol–water partition coefficient (Wildman–Crippen LogP) is 7.35. The Bertz CT molecular complexity index is 1690. The third kappa shape index (κ3) is 4.01. The van der Waals surface area contributed by atoms with Crippen LogP contribution in [0.25, 0.3) is 33.3 Å². The highest BCUT2D eigenvalue weighted by atomic mass is 16.5. The molecule has 0 aliphatic heterocycles. The molecule has 0 amide bonds. The van der Waals surface area contributed by atoms with Gasteiger partial charge in [0.25, 0.3) is 0 Å². The topological polar surface area (TPSA) is 30.9 Å². The number of rotatable bonds is 4. The zero-order chi connectivity index (χ0) is 24.7. The van der Waals surface area contributed by atoms with Crippen LogP contribution in [0.3, 0.4) is 0 Å². The van der Waals surface area contributed by atoms with Crippen molar-refractivity contribution >= 4 is 21.8 Å². The maximum Gasteiger partial charge on any atom is 0.152 e. The molecule has 0 saturated carbocycles. The van der Waals surface area contributed by atoms with Gasteiger partial charge in [0, 0.05) is 29.1 Å². The van der Waals surface area contributed by atoms with Crippen LogP contribution < -0.4 is 9.30 Å². The fourth-order valence-electron chi connectivity index (χ4n) is 4.62. The molecule has 0 bridgehead atoms. The maximum absolute atomic E-state index is 6.35. The Morgan fingerprint density at radius 2 is 1.61 bits per heavy atom. The molecular formula is C32H27N3O. The molecule has 0 aliphatic carbocycles. The first kappa shape index (κ1) is 22.1. The van der Waals surface area contributed by atoms with Gasteiger partial charge >= 0.3 is 0 Å². The maximum atomic E-state index is 6.35. The molecule has 4 heteroatoms. The molecule has 3 heterocycles. The Kier molecular flexibility index (Phi) is 5.30. The molecule has 6 aromatic rings. The van der Waals surface area contributed by atoms with Crippen LogP contribution in [0.5, 0.6) is 11.5 Å².